The second kappa shape index (κ2) is 33.0. The maximum absolute atomic E-state index is 13.4. The first-order chi connectivity index (χ1) is 41.0. The van der Waals surface area contributed by atoms with E-state index in [1.165, 1.54) is 134 Å². The molecule has 1 aromatic carbocycles. The van der Waals surface area contributed by atoms with Crippen molar-refractivity contribution in [3.8, 4) is 11.5 Å². The smallest absolute Gasteiger partial charge is 0.482 e. The largest absolute Gasteiger partial charge is 0.516 e. The minimum Gasteiger partial charge on any atom is -0.482 e. The number of benzene rings is 1. The zero-order valence-electron chi connectivity index (χ0n) is 53.9. The van der Waals surface area contributed by atoms with Crippen LogP contribution in [-0.2, 0) is 59.4 Å². The Morgan fingerprint density at radius 3 is 1.65 bits per heavy atom. The first-order valence-electron chi connectivity index (χ1n) is 34.3. The molecule has 0 amide bonds. The molecule has 7 atom stereocenters. The van der Waals surface area contributed by atoms with Gasteiger partial charge in [0.25, 0.3) is 0 Å². The van der Waals surface area contributed by atoms with Gasteiger partial charge in [0.2, 0.25) is 6.79 Å². The molecule has 5 fully saturated rings. The van der Waals surface area contributed by atoms with E-state index in [0.717, 1.165) is 95.2 Å². The van der Waals surface area contributed by atoms with E-state index >= 15 is 0 Å². The Morgan fingerprint density at radius 2 is 1.14 bits per heavy atom. The maximum Gasteiger partial charge on any atom is 0.516 e. The van der Waals surface area contributed by atoms with Crippen LogP contribution in [0.5, 0.6) is 11.5 Å². The number of piperidine rings is 1. The van der Waals surface area contributed by atoms with Gasteiger partial charge >= 0.3 is 30.0 Å². The van der Waals surface area contributed by atoms with Crippen molar-refractivity contribution in [2.75, 3.05) is 40.2 Å². The van der Waals surface area contributed by atoms with Crippen LogP contribution in [0.25, 0.3) is 0 Å². The Bertz CT molecular complexity index is 2230. The van der Waals surface area contributed by atoms with Crippen molar-refractivity contribution in [1.29, 1.82) is 0 Å². The number of rotatable bonds is 43. The summed E-state index contributed by atoms with van der Waals surface area (Å²) in [5, 5.41) is 12.6. The summed E-state index contributed by atoms with van der Waals surface area (Å²) in [6.07, 6.45) is 34.9. The van der Waals surface area contributed by atoms with Gasteiger partial charge in [-0.05, 0) is 94.2 Å². The SMILES string of the molecule is CCCCCCCCCCCCCCCC(=O)OCC(COC(=O)CCCCCCCCCCCCCCC)OC(=O)CCC(=O)OCOC(=O)Oc1ccc2c3c1O[C@H]1[C@@]4(OC)CC[C@@]5(C[C@@H]4[C@](C)(O)C(C)(C)C)C(C2)N(CC2CC2)CC[C@]315. The molecule has 15 heteroatoms. The Balaban J connectivity index is 0.860. The van der Waals surface area contributed by atoms with E-state index in [-0.39, 0.29) is 62.0 Å². The summed E-state index contributed by atoms with van der Waals surface area (Å²) < 4.78 is 47.0. The standard InChI is InChI=1S/C70H113NO14/c1-8-10-12-14-16-18-20-22-24-26-28-30-32-34-58(72)79-49-54(50-80-59(73)35-33-31-29-27-25-23-21-19-17-15-13-11-9-2)83-61(75)41-40-60(74)81-51-82-65(76)84-55-39-38-53-46-57-68-42-43-70(78-7,56(47-68)67(6,77)66(3,4)5)64-69(68,62(53)63(55)85-64)44-45-71(57)48-52-36-37-52/h38-39,52,54,56-57,64,77H,8-37,40-51H2,1-7H3/t56-,57?,64-,67+,68-,69+,70-/m1/s1. The predicted molar refractivity (Wildman–Crippen MR) is 328 cm³/mol. The highest BCUT2D eigenvalue weighted by Gasteiger charge is 2.82. The van der Waals surface area contributed by atoms with Crippen molar-refractivity contribution in [3.05, 3.63) is 23.3 Å². The minimum atomic E-state index is -1.09. The van der Waals surface area contributed by atoms with Gasteiger partial charge < -0.3 is 43.0 Å². The minimum absolute atomic E-state index is 0.194. The van der Waals surface area contributed by atoms with E-state index in [0.29, 0.717) is 18.6 Å². The van der Waals surface area contributed by atoms with Crippen LogP contribution in [0, 0.1) is 22.7 Å². The van der Waals surface area contributed by atoms with Crippen LogP contribution in [0.2, 0.25) is 0 Å². The summed E-state index contributed by atoms with van der Waals surface area (Å²) >= 11 is 0. The summed E-state index contributed by atoms with van der Waals surface area (Å²) in [4.78, 5) is 67.9. The average molecular weight is 1190 g/mol. The average Bonchev–Trinajstić information content (AvgIpc) is 1.61. The molecule has 0 radical (unpaired) electrons. The Hall–Kier alpha value is -3.95. The van der Waals surface area contributed by atoms with Crippen LogP contribution in [0.3, 0.4) is 0 Å². The lowest BCUT2D eigenvalue weighted by atomic mass is 9.33. The molecule has 15 nitrogen and oxygen atoms in total. The monoisotopic (exact) mass is 1190 g/mol. The molecule has 1 N–H and O–H groups in total. The highest BCUT2D eigenvalue weighted by atomic mass is 16.8. The summed E-state index contributed by atoms with van der Waals surface area (Å²) in [6.45, 7) is 13.4. The molecular weight excluding hydrogens is 1080 g/mol. The van der Waals surface area contributed by atoms with Crippen molar-refractivity contribution < 1.29 is 67.0 Å². The van der Waals surface area contributed by atoms with Gasteiger partial charge in [0.05, 0.1) is 18.4 Å². The van der Waals surface area contributed by atoms with Crippen LogP contribution < -0.4 is 9.47 Å². The Labute approximate surface area is 511 Å². The topological polar surface area (TPSA) is 183 Å². The van der Waals surface area contributed by atoms with Gasteiger partial charge in [0, 0.05) is 54.8 Å². The fraction of sp³-hybridized carbons (Fsp3) is 0.843. The second-order valence-corrected chi connectivity index (χ2v) is 27.9. The molecule has 482 valence electrons. The number of hydrogen-bond donors (Lipinski definition) is 1. The van der Waals surface area contributed by atoms with Crippen molar-refractivity contribution in [2.24, 2.45) is 22.7 Å². The van der Waals surface area contributed by atoms with Gasteiger partial charge in [-0.1, -0.05) is 195 Å². The molecule has 8 rings (SSSR count). The third-order valence-corrected chi connectivity index (χ3v) is 21.1. The number of hydrogen-bond acceptors (Lipinski definition) is 15. The van der Waals surface area contributed by atoms with E-state index in [9.17, 15) is 29.1 Å². The lowest BCUT2D eigenvalue weighted by molar-refractivity contribution is -0.312. The van der Waals surface area contributed by atoms with Crippen molar-refractivity contribution in [2.45, 2.75) is 314 Å². The van der Waals surface area contributed by atoms with E-state index in [1.54, 1.807) is 13.2 Å². The van der Waals surface area contributed by atoms with Crippen molar-refractivity contribution >= 4 is 30.0 Å². The summed E-state index contributed by atoms with van der Waals surface area (Å²) in [6, 6.07) is 4.09. The second-order valence-electron chi connectivity index (χ2n) is 27.9. The number of likely N-dealkylation sites (tertiary alicyclic amines) is 1. The number of methoxy groups -OCH3 is 1. The molecule has 5 aliphatic carbocycles. The van der Waals surface area contributed by atoms with E-state index in [2.05, 4.69) is 45.6 Å². The maximum atomic E-state index is 13.4. The first kappa shape index (κ1) is 68.5. The Morgan fingerprint density at radius 1 is 0.635 bits per heavy atom. The molecule has 4 saturated carbocycles. The van der Waals surface area contributed by atoms with Crippen molar-refractivity contribution in [3.63, 3.8) is 0 Å². The van der Waals surface area contributed by atoms with Gasteiger partial charge in [0.1, 0.15) is 24.9 Å². The fourth-order valence-corrected chi connectivity index (χ4v) is 15.6. The third-order valence-electron chi connectivity index (χ3n) is 21.1. The Kier molecular flexibility index (Phi) is 26.6. The molecule has 2 aliphatic heterocycles. The molecule has 0 aromatic heterocycles. The zero-order chi connectivity index (χ0) is 60.9. The van der Waals surface area contributed by atoms with E-state index in [1.807, 2.05) is 6.92 Å². The first-order valence-corrected chi connectivity index (χ1v) is 34.3. The number of carbonyl (C=O) groups is 5. The van der Waals surface area contributed by atoms with E-state index < -0.39 is 71.1 Å². The molecule has 1 saturated heterocycles. The highest BCUT2D eigenvalue weighted by molar-refractivity contribution is 5.78. The molecule has 85 heavy (non-hydrogen) atoms. The molecule has 4 bridgehead atoms. The molecule has 2 heterocycles. The van der Waals surface area contributed by atoms with Gasteiger partial charge in [0.15, 0.2) is 17.6 Å². The van der Waals surface area contributed by atoms with Crippen molar-refractivity contribution in [1.82, 2.24) is 4.90 Å². The molecule has 2 spiro atoms. The number of unbranched alkanes of at least 4 members (excludes halogenated alkanes) is 24. The number of ether oxygens (including phenoxy) is 8. The lowest BCUT2D eigenvalue weighted by Crippen LogP contribution is -2.83. The van der Waals surface area contributed by atoms with Crippen LogP contribution in [0.15, 0.2) is 12.1 Å². The highest BCUT2D eigenvalue weighted by Crippen LogP contribution is 2.78. The van der Waals surface area contributed by atoms with Crippen LogP contribution in [0.1, 0.15) is 284 Å². The quantitative estimate of drug-likeness (QED) is 0.0214. The number of fused-ring (bicyclic) bond motifs is 2. The summed E-state index contributed by atoms with van der Waals surface area (Å²) in [5.74, 6) is -1.18. The van der Waals surface area contributed by atoms with Gasteiger partial charge in [-0.3, -0.25) is 24.1 Å². The number of carbonyl (C=O) groups excluding carboxylic acids is 5. The number of nitrogens with zero attached hydrogens (tertiary/aromatic N) is 1. The molecule has 1 unspecified atom stereocenters. The molecular formula is C70H113NO14. The fourth-order valence-electron chi connectivity index (χ4n) is 15.6. The summed E-state index contributed by atoms with van der Waals surface area (Å²) in [7, 11) is 1.76. The van der Waals surface area contributed by atoms with Gasteiger partial charge in [-0.25, -0.2) is 4.79 Å². The predicted octanol–water partition coefficient (Wildman–Crippen LogP) is 15.5. The number of aliphatic hydroxyl groups is 1. The van der Waals surface area contributed by atoms with Gasteiger partial charge in [-0.2, -0.15) is 0 Å². The van der Waals surface area contributed by atoms with Gasteiger partial charge in [-0.15, -0.1) is 0 Å². The van der Waals surface area contributed by atoms with Crippen LogP contribution in [0.4, 0.5) is 4.79 Å². The van der Waals surface area contributed by atoms with E-state index in [4.69, 9.17) is 37.9 Å². The third kappa shape index (κ3) is 17.7. The normalized spacial score (nSPS) is 24.3. The lowest BCUT2D eigenvalue weighted by Gasteiger charge is -2.75. The van der Waals surface area contributed by atoms with Crippen LogP contribution in [-0.4, -0.2) is 110 Å². The summed E-state index contributed by atoms with van der Waals surface area (Å²) in [5.41, 5.74) is -0.659. The number of esters is 4. The van der Waals surface area contributed by atoms with Crippen LogP contribution >= 0.6 is 0 Å². The zero-order valence-corrected chi connectivity index (χ0v) is 53.9. The molecule has 7 aliphatic rings. The molecule has 1 aromatic rings.